The molecule has 1 fully saturated rings. The molecule has 1 aliphatic heterocycles. The normalized spacial score (nSPS) is 22.0. The summed E-state index contributed by atoms with van der Waals surface area (Å²) in [6.45, 7) is 0.903. The van der Waals surface area contributed by atoms with Crippen molar-refractivity contribution in [2.45, 2.75) is 37.7 Å². The number of hydrogen-bond acceptors (Lipinski definition) is 1. The van der Waals surface area contributed by atoms with E-state index in [2.05, 4.69) is 60.7 Å². The van der Waals surface area contributed by atoms with Gasteiger partial charge in [-0.2, -0.15) is 0 Å². The maximum absolute atomic E-state index is 6.16. The summed E-state index contributed by atoms with van der Waals surface area (Å²) >= 11 is 0. The van der Waals surface area contributed by atoms with Crippen molar-refractivity contribution in [3.05, 3.63) is 71.8 Å². The van der Waals surface area contributed by atoms with Gasteiger partial charge in [0, 0.05) is 6.61 Å². The van der Waals surface area contributed by atoms with Gasteiger partial charge >= 0.3 is 0 Å². The lowest BCUT2D eigenvalue weighted by Crippen LogP contribution is -2.24. The fraction of sp³-hybridized carbons (Fsp3) is 0.368. The number of benzene rings is 2. The topological polar surface area (TPSA) is 9.23 Å². The van der Waals surface area contributed by atoms with Crippen molar-refractivity contribution in [3.8, 4) is 0 Å². The van der Waals surface area contributed by atoms with E-state index in [9.17, 15) is 0 Å². The van der Waals surface area contributed by atoms with Crippen LogP contribution in [0.3, 0.4) is 0 Å². The first-order valence-electron chi connectivity index (χ1n) is 7.62. The molecule has 3 rings (SSSR count). The van der Waals surface area contributed by atoms with Crippen LogP contribution in [0.15, 0.2) is 60.7 Å². The highest BCUT2D eigenvalue weighted by Crippen LogP contribution is 2.40. The summed E-state index contributed by atoms with van der Waals surface area (Å²) in [4.78, 5) is 0. The minimum absolute atomic E-state index is 0.0317. The Bertz CT molecular complexity index is 512. The van der Waals surface area contributed by atoms with Crippen molar-refractivity contribution in [2.24, 2.45) is 0 Å². The Labute approximate surface area is 121 Å². The summed E-state index contributed by atoms with van der Waals surface area (Å²) in [5.74, 6) is 0. The van der Waals surface area contributed by atoms with Crippen LogP contribution < -0.4 is 0 Å². The molecule has 0 bridgehead atoms. The molecular formula is C19H22O. The van der Waals surface area contributed by atoms with Crippen molar-refractivity contribution in [2.75, 3.05) is 6.61 Å². The third kappa shape index (κ3) is 2.94. The maximum Gasteiger partial charge on any atom is 0.0932 e. The van der Waals surface area contributed by atoms with Gasteiger partial charge in [-0.3, -0.25) is 0 Å². The third-order valence-corrected chi connectivity index (χ3v) is 4.29. The second kappa shape index (κ2) is 6.23. The zero-order chi connectivity index (χ0) is 13.7. The zero-order valence-electron chi connectivity index (χ0n) is 11.9. The maximum atomic E-state index is 6.16. The monoisotopic (exact) mass is 266 g/mol. The number of aryl methyl sites for hydroxylation is 1. The Morgan fingerprint density at radius 3 is 2.25 bits per heavy atom. The Hall–Kier alpha value is -1.60. The first-order valence-corrected chi connectivity index (χ1v) is 7.62. The van der Waals surface area contributed by atoms with Crippen molar-refractivity contribution in [1.82, 2.24) is 0 Å². The SMILES string of the molecule is c1ccc(CCCC2(c3ccccc3)CCCO2)cc1. The van der Waals surface area contributed by atoms with Crippen LogP contribution in [0.25, 0.3) is 0 Å². The van der Waals surface area contributed by atoms with Gasteiger partial charge in [0.2, 0.25) is 0 Å². The standard InChI is InChI=1S/C19H22O/c1-3-9-17(10-4-1)11-7-14-19(15-8-16-20-19)18-12-5-2-6-13-18/h1-6,9-10,12-13H,7-8,11,14-16H2. The van der Waals surface area contributed by atoms with Crippen LogP contribution in [-0.2, 0) is 16.8 Å². The summed E-state index contributed by atoms with van der Waals surface area (Å²) in [6.07, 6.45) is 5.77. The highest BCUT2D eigenvalue weighted by atomic mass is 16.5. The van der Waals surface area contributed by atoms with Gasteiger partial charge in [0.15, 0.2) is 0 Å². The summed E-state index contributed by atoms with van der Waals surface area (Å²) in [7, 11) is 0. The lowest BCUT2D eigenvalue weighted by Gasteiger charge is -2.29. The van der Waals surface area contributed by atoms with E-state index in [4.69, 9.17) is 4.74 Å². The van der Waals surface area contributed by atoms with Crippen LogP contribution >= 0.6 is 0 Å². The van der Waals surface area contributed by atoms with E-state index >= 15 is 0 Å². The van der Waals surface area contributed by atoms with Crippen molar-refractivity contribution in [1.29, 1.82) is 0 Å². The summed E-state index contributed by atoms with van der Waals surface area (Å²) in [6, 6.07) is 21.5. The Balaban J connectivity index is 1.66. The van der Waals surface area contributed by atoms with Crippen LogP contribution in [0.4, 0.5) is 0 Å². The van der Waals surface area contributed by atoms with Gasteiger partial charge in [-0.25, -0.2) is 0 Å². The van der Waals surface area contributed by atoms with Gasteiger partial charge in [-0.05, 0) is 43.2 Å². The van der Waals surface area contributed by atoms with E-state index in [0.29, 0.717) is 0 Å². The Morgan fingerprint density at radius 2 is 1.60 bits per heavy atom. The van der Waals surface area contributed by atoms with Crippen molar-refractivity contribution < 1.29 is 4.74 Å². The molecule has 2 aromatic rings. The Morgan fingerprint density at radius 1 is 0.900 bits per heavy atom. The number of rotatable bonds is 5. The largest absolute Gasteiger partial charge is 0.370 e. The van der Waals surface area contributed by atoms with Crippen LogP contribution in [-0.4, -0.2) is 6.61 Å². The van der Waals surface area contributed by atoms with Crippen molar-refractivity contribution >= 4 is 0 Å². The quantitative estimate of drug-likeness (QED) is 0.761. The van der Waals surface area contributed by atoms with Gasteiger partial charge in [0.1, 0.15) is 0 Å². The minimum Gasteiger partial charge on any atom is -0.370 e. The molecule has 0 aromatic heterocycles. The van der Waals surface area contributed by atoms with Crippen molar-refractivity contribution in [3.63, 3.8) is 0 Å². The first-order chi connectivity index (χ1) is 9.89. The van der Waals surface area contributed by atoms with E-state index in [1.165, 1.54) is 24.0 Å². The first kappa shape index (κ1) is 13.4. The van der Waals surface area contributed by atoms with E-state index in [1.54, 1.807) is 0 Å². The second-order valence-electron chi connectivity index (χ2n) is 5.65. The molecule has 0 aliphatic carbocycles. The zero-order valence-corrected chi connectivity index (χ0v) is 11.9. The van der Waals surface area contributed by atoms with E-state index < -0.39 is 0 Å². The highest BCUT2D eigenvalue weighted by molar-refractivity contribution is 5.23. The van der Waals surface area contributed by atoms with Gasteiger partial charge in [0.05, 0.1) is 5.60 Å². The van der Waals surface area contributed by atoms with Gasteiger partial charge in [-0.15, -0.1) is 0 Å². The molecule has 0 N–H and O–H groups in total. The lowest BCUT2D eigenvalue weighted by molar-refractivity contribution is -0.00862. The van der Waals surface area contributed by atoms with Crippen LogP contribution in [0, 0.1) is 0 Å². The summed E-state index contributed by atoms with van der Waals surface area (Å²) in [5.41, 5.74) is 2.75. The summed E-state index contributed by atoms with van der Waals surface area (Å²) < 4.78 is 6.16. The van der Waals surface area contributed by atoms with Gasteiger partial charge < -0.3 is 4.74 Å². The van der Waals surface area contributed by atoms with Gasteiger partial charge in [-0.1, -0.05) is 60.7 Å². The average Bonchev–Trinajstić information content (AvgIpc) is 2.99. The van der Waals surface area contributed by atoms with Crippen LogP contribution in [0.2, 0.25) is 0 Å². The molecule has 1 saturated heterocycles. The van der Waals surface area contributed by atoms with Gasteiger partial charge in [0.25, 0.3) is 0 Å². The summed E-state index contributed by atoms with van der Waals surface area (Å²) in [5, 5.41) is 0. The molecular weight excluding hydrogens is 244 g/mol. The smallest absolute Gasteiger partial charge is 0.0932 e. The second-order valence-corrected chi connectivity index (χ2v) is 5.65. The molecule has 0 amide bonds. The molecule has 0 radical (unpaired) electrons. The predicted molar refractivity (Wildman–Crippen MR) is 82.7 cm³/mol. The lowest BCUT2D eigenvalue weighted by atomic mass is 9.85. The molecule has 2 aromatic carbocycles. The third-order valence-electron chi connectivity index (χ3n) is 4.29. The molecule has 20 heavy (non-hydrogen) atoms. The molecule has 1 heteroatoms. The average molecular weight is 266 g/mol. The molecule has 0 saturated carbocycles. The minimum atomic E-state index is -0.0317. The fourth-order valence-corrected chi connectivity index (χ4v) is 3.23. The Kier molecular flexibility index (Phi) is 4.17. The number of ether oxygens (including phenoxy) is 1. The van der Waals surface area contributed by atoms with E-state index in [0.717, 1.165) is 25.9 Å². The fourth-order valence-electron chi connectivity index (χ4n) is 3.23. The van der Waals surface area contributed by atoms with Crippen LogP contribution in [0.5, 0.6) is 0 Å². The molecule has 1 atom stereocenters. The van der Waals surface area contributed by atoms with Crippen LogP contribution in [0.1, 0.15) is 36.8 Å². The highest BCUT2D eigenvalue weighted by Gasteiger charge is 2.36. The molecule has 1 nitrogen and oxygen atoms in total. The molecule has 104 valence electrons. The van der Waals surface area contributed by atoms with E-state index in [-0.39, 0.29) is 5.60 Å². The molecule has 1 unspecified atom stereocenters. The predicted octanol–water partition coefficient (Wildman–Crippen LogP) is 4.72. The van der Waals surface area contributed by atoms with E-state index in [1.807, 2.05) is 0 Å². The molecule has 0 spiro atoms. The molecule has 1 aliphatic rings. The molecule has 1 heterocycles. The number of hydrogen-bond donors (Lipinski definition) is 0.